The Morgan fingerprint density at radius 3 is 2.56 bits per heavy atom. The molecule has 1 aromatic carbocycles. The fraction of sp³-hybridized carbons (Fsp3) is 0.273. The molecule has 0 spiro atoms. The summed E-state index contributed by atoms with van der Waals surface area (Å²) in [5.41, 5.74) is 4.77. The van der Waals surface area contributed by atoms with Crippen LogP contribution in [-0.4, -0.2) is 17.4 Å². The van der Waals surface area contributed by atoms with E-state index < -0.39 is 28.9 Å². The molecule has 0 saturated heterocycles. The van der Waals surface area contributed by atoms with Crippen molar-refractivity contribution in [2.45, 2.75) is 6.92 Å². The van der Waals surface area contributed by atoms with Crippen molar-refractivity contribution < 1.29 is 18.0 Å². The highest BCUT2D eigenvalue weighted by Gasteiger charge is 2.19. The number of hydrogen-bond acceptors (Lipinski definition) is 2. The van der Waals surface area contributed by atoms with Crippen LogP contribution in [0.5, 0.6) is 0 Å². The van der Waals surface area contributed by atoms with Gasteiger partial charge in [0.05, 0.1) is 10.6 Å². The van der Waals surface area contributed by atoms with Gasteiger partial charge in [-0.05, 0) is 12.1 Å². The van der Waals surface area contributed by atoms with Gasteiger partial charge in [0, 0.05) is 12.5 Å². The number of amides is 1. The number of nitrogens with one attached hydrogen (secondary N) is 1. The van der Waals surface area contributed by atoms with Crippen LogP contribution < -0.4 is 11.1 Å². The zero-order chi connectivity index (χ0) is 13.9. The van der Waals surface area contributed by atoms with Gasteiger partial charge in [-0.1, -0.05) is 19.1 Å². The van der Waals surface area contributed by atoms with Gasteiger partial charge in [-0.15, -0.1) is 0 Å². The molecule has 18 heavy (non-hydrogen) atoms. The molecule has 3 N–H and O–H groups in total. The Morgan fingerprint density at radius 2 is 2.00 bits per heavy atom. The number of thiocarbonyl (C=S) groups is 1. The van der Waals surface area contributed by atoms with Crippen molar-refractivity contribution in [1.29, 1.82) is 0 Å². The maximum absolute atomic E-state index is 13.3. The summed E-state index contributed by atoms with van der Waals surface area (Å²) in [4.78, 5) is 11.7. The molecule has 1 aromatic rings. The fourth-order valence-electron chi connectivity index (χ4n) is 1.14. The van der Waals surface area contributed by atoms with E-state index in [2.05, 4.69) is 5.32 Å². The predicted octanol–water partition coefficient (Wildman–Crippen LogP) is 1.76. The van der Waals surface area contributed by atoms with Crippen molar-refractivity contribution in [3.05, 3.63) is 35.1 Å². The van der Waals surface area contributed by atoms with Crippen molar-refractivity contribution in [1.82, 2.24) is 5.32 Å². The Labute approximate surface area is 107 Å². The van der Waals surface area contributed by atoms with E-state index in [4.69, 9.17) is 18.0 Å². The molecule has 98 valence electrons. The summed E-state index contributed by atoms with van der Waals surface area (Å²) < 4.78 is 38.8. The Morgan fingerprint density at radius 1 is 1.39 bits per heavy atom. The van der Waals surface area contributed by atoms with E-state index in [1.165, 1.54) is 0 Å². The molecule has 0 bridgehead atoms. The lowest BCUT2D eigenvalue weighted by Gasteiger charge is -2.11. The minimum Gasteiger partial charge on any atom is -0.393 e. The second kappa shape index (κ2) is 5.81. The van der Waals surface area contributed by atoms with Crippen LogP contribution >= 0.6 is 12.2 Å². The Balaban J connectivity index is 2.80. The van der Waals surface area contributed by atoms with E-state index >= 15 is 0 Å². The maximum atomic E-state index is 13.3. The molecule has 3 nitrogen and oxygen atoms in total. The predicted molar refractivity (Wildman–Crippen MR) is 64.6 cm³/mol. The molecular weight excluding hydrogens is 265 g/mol. The van der Waals surface area contributed by atoms with Crippen LogP contribution in [-0.2, 0) is 0 Å². The number of hydrogen-bond donors (Lipinski definition) is 2. The van der Waals surface area contributed by atoms with Crippen LogP contribution in [0.2, 0.25) is 0 Å². The van der Waals surface area contributed by atoms with Gasteiger partial charge in [0.25, 0.3) is 5.91 Å². The van der Waals surface area contributed by atoms with E-state index in [9.17, 15) is 18.0 Å². The first-order valence-corrected chi connectivity index (χ1v) is 5.46. The van der Waals surface area contributed by atoms with E-state index in [-0.39, 0.29) is 17.5 Å². The highest BCUT2D eigenvalue weighted by atomic mass is 32.1. The van der Waals surface area contributed by atoms with Crippen LogP contribution in [0, 0.1) is 23.4 Å². The first-order chi connectivity index (χ1) is 8.34. The molecule has 1 unspecified atom stereocenters. The number of rotatable bonds is 4. The van der Waals surface area contributed by atoms with E-state index in [1.54, 1.807) is 6.92 Å². The summed E-state index contributed by atoms with van der Waals surface area (Å²) in [7, 11) is 0. The molecule has 0 aliphatic heterocycles. The fourth-order valence-corrected chi connectivity index (χ4v) is 1.23. The van der Waals surface area contributed by atoms with Crippen LogP contribution in [0.1, 0.15) is 17.3 Å². The number of benzene rings is 1. The summed E-state index contributed by atoms with van der Waals surface area (Å²) in [5, 5.41) is 2.33. The largest absolute Gasteiger partial charge is 0.393 e. The summed E-state index contributed by atoms with van der Waals surface area (Å²) in [5.74, 6) is -5.67. The Kier molecular flexibility index (Phi) is 4.66. The highest BCUT2D eigenvalue weighted by molar-refractivity contribution is 7.80. The monoisotopic (exact) mass is 276 g/mol. The van der Waals surface area contributed by atoms with Crippen molar-refractivity contribution in [2.24, 2.45) is 11.7 Å². The van der Waals surface area contributed by atoms with Crippen molar-refractivity contribution >= 4 is 23.1 Å². The van der Waals surface area contributed by atoms with Gasteiger partial charge in [0.15, 0.2) is 17.5 Å². The standard InChI is InChI=1S/C11H11F3N2OS/c1-5(10(15)18)4-16-11(17)6-2-3-7(12)9(14)8(6)13/h2-3,5H,4H2,1H3,(H2,15,18)(H,16,17). The minimum absolute atomic E-state index is 0.0899. The zero-order valence-electron chi connectivity index (χ0n) is 9.47. The smallest absolute Gasteiger partial charge is 0.254 e. The molecule has 7 heteroatoms. The Bertz CT molecular complexity index is 493. The molecule has 0 heterocycles. The van der Waals surface area contributed by atoms with Crippen LogP contribution in [0.3, 0.4) is 0 Å². The van der Waals surface area contributed by atoms with Crippen LogP contribution in [0.25, 0.3) is 0 Å². The van der Waals surface area contributed by atoms with Gasteiger partial charge >= 0.3 is 0 Å². The second-order valence-electron chi connectivity index (χ2n) is 3.74. The van der Waals surface area contributed by atoms with Crippen molar-refractivity contribution in [2.75, 3.05) is 6.54 Å². The molecule has 0 aliphatic carbocycles. The van der Waals surface area contributed by atoms with Gasteiger partial charge < -0.3 is 11.1 Å². The molecule has 1 rings (SSSR count). The van der Waals surface area contributed by atoms with Gasteiger partial charge in [0.2, 0.25) is 0 Å². The summed E-state index contributed by atoms with van der Waals surface area (Å²) in [6.07, 6.45) is 0. The van der Waals surface area contributed by atoms with Crippen LogP contribution in [0.4, 0.5) is 13.2 Å². The molecular formula is C11H11F3N2OS. The van der Waals surface area contributed by atoms with Crippen LogP contribution in [0.15, 0.2) is 12.1 Å². The first kappa shape index (κ1) is 14.4. The lowest BCUT2D eigenvalue weighted by atomic mass is 10.1. The SMILES string of the molecule is CC(CNC(=O)c1ccc(F)c(F)c1F)C(N)=S. The third-order valence-corrected chi connectivity index (χ3v) is 2.74. The third-order valence-electron chi connectivity index (χ3n) is 2.33. The average Bonchev–Trinajstić information content (AvgIpc) is 2.32. The molecule has 0 radical (unpaired) electrons. The molecule has 0 aliphatic rings. The zero-order valence-corrected chi connectivity index (χ0v) is 10.3. The minimum atomic E-state index is -1.68. The Hall–Kier alpha value is -1.63. The number of carbonyl (C=O) groups excluding carboxylic acids is 1. The van der Waals surface area contributed by atoms with Gasteiger partial charge in [-0.25, -0.2) is 13.2 Å². The average molecular weight is 276 g/mol. The summed E-state index contributed by atoms with van der Waals surface area (Å²) in [6, 6.07) is 1.55. The second-order valence-corrected chi connectivity index (χ2v) is 4.21. The summed E-state index contributed by atoms with van der Waals surface area (Å²) >= 11 is 4.69. The molecule has 0 fully saturated rings. The van der Waals surface area contributed by atoms with E-state index in [1.807, 2.05) is 0 Å². The number of carbonyl (C=O) groups is 1. The third kappa shape index (κ3) is 3.19. The van der Waals surface area contributed by atoms with E-state index in [0.29, 0.717) is 6.07 Å². The van der Waals surface area contributed by atoms with Crippen molar-refractivity contribution in [3.63, 3.8) is 0 Å². The van der Waals surface area contributed by atoms with Gasteiger partial charge in [0.1, 0.15) is 0 Å². The van der Waals surface area contributed by atoms with Gasteiger partial charge in [-0.3, -0.25) is 4.79 Å². The first-order valence-electron chi connectivity index (χ1n) is 5.05. The maximum Gasteiger partial charge on any atom is 0.254 e. The molecule has 1 amide bonds. The molecule has 0 saturated carbocycles. The topological polar surface area (TPSA) is 55.1 Å². The van der Waals surface area contributed by atoms with Crippen molar-refractivity contribution in [3.8, 4) is 0 Å². The van der Waals surface area contributed by atoms with Gasteiger partial charge in [-0.2, -0.15) is 0 Å². The molecule has 1 atom stereocenters. The lowest BCUT2D eigenvalue weighted by Crippen LogP contribution is -2.34. The number of halogens is 3. The molecule has 0 aromatic heterocycles. The summed E-state index contributed by atoms with van der Waals surface area (Å²) in [6.45, 7) is 1.76. The highest BCUT2D eigenvalue weighted by Crippen LogP contribution is 2.15. The van der Waals surface area contributed by atoms with E-state index in [0.717, 1.165) is 6.07 Å². The lowest BCUT2D eigenvalue weighted by molar-refractivity contribution is 0.0946. The normalized spacial score (nSPS) is 12.0. The number of nitrogens with two attached hydrogens (primary N) is 1. The quantitative estimate of drug-likeness (QED) is 0.651.